The van der Waals surface area contributed by atoms with Crippen LogP contribution in [0.1, 0.15) is 34.5 Å². The summed E-state index contributed by atoms with van der Waals surface area (Å²) in [6.45, 7) is 2.61. The number of benzene rings is 2. The molecule has 2 aromatic rings. The maximum Gasteiger partial charge on any atom is 0.339 e. The lowest BCUT2D eigenvalue weighted by Gasteiger charge is -2.14. The number of halogens is 1. The number of carbonyl (C=O) groups excluding carboxylic acids is 2. The predicted octanol–water partition coefficient (Wildman–Crippen LogP) is 3.08. The smallest absolute Gasteiger partial charge is 0.339 e. The molecule has 1 amide bonds. The number of hydrogen-bond acceptors (Lipinski definition) is 5. The topological polar surface area (TPSA) is 98.5 Å². The number of nitrogens with one attached hydrogen (secondary N) is 1. The predicted molar refractivity (Wildman–Crippen MR) is 91.1 cm³/mol. The number of amides is 1. The van der Waals surface area contributed by atoms with Gasteiger partial charge >= 0.3 is 5.97 Å². The first-order valence-corrected chi connectivity index (χ1v) is 7.75. The molecule has 1 N–H and O–H groups in total. The van der Waals surface area contributed by atoms with Gasteiger partial charge < -0.3 is 10.1 Å². The Morgan fingerprint density at radius 3 is 2.50 bits per heavy atom. The molecule has 2 rings (SSSR count). The van der Waals surface area contributed by atoms with Crippen LogP contribution in [0.5, 0.6) is 0 Å². The van der Waals surface area contributed by atoms with Crippen LogP contribution in [-0.4, -0.2) is 23.4 Å². The minimum atomic E-state index is -0.823. The summed E-state index contributed by atoms with van der Waals surface area (Å²) >= 11 is 0. The number of esters is 1. The van der Waals surface area contributed by atoms with Crippen LogP contribution in [0.15, 0.2) is 42.5 Å². The van der Waals surface area contributed by atoms with Crippen LogP contribution in [-0.2, 0) is 9.53 Å². The van der Waals surface area contributed by atoms with E-state index in [0.717, 1.165) is 0 Å². The van der Waals surface area contributed by atoms with Crippen molar-refractivity contribution in [3.8, 4) is 0 Å². The van der Waals surface area contributed by atoms with Gasteiger partial charge in [-0.3, -0.25) is 14.9 Å². The zero-order valence-corrected chi connectivity index (χ0v) is 14.2. The average Bonchev–Trinajstić information content (AvgIpc) is 2.60. The van der Waals surface area contributed by atoms with Crippen LogP contribution in [0.25, 0.3) is 0 Å². The average molecular weight is 360 g/mol. The molecule has 0 aliphatic carbocycles. The third-order valence-electron chi connectivity index (χ3n) is 3.80. The molecule has 2 aromatic carbocycles. The minimum Gasteiger partial charge on any atom is -0.452 e. The Labute approximate surface area is 148 Å². The Bertz CT molecular complexity index is 836. The first kappa shape index (κ1) is 19.0. The van der Waals surface area contributed by atoms with E-state index in [1.807, 2.05) is 0 Å². The highest BCUT2D eigenvalue weighted by atomic mass is 19.1. The maximum absolute atomic E-state index is 12.9. The largest absolute Gasteiger partial charge is 0.452 e. The van der Waals surface area contributed by atoms with Crippen LogP contribution in [0.2, 0.25) is 0 Å². The fourth-order valence-electron chi connectivity index (χ4n) is 2.37. The van der Waals surface area contributed by atoms with Crippen LogP contribution in [0.4, 0.5) is 10.1 Å². The Morgan fingerprint density at radius 2 is 1.88 bits per heavy atom. The maximum atomic E-state index is 12.9. The third-order valence-corrected chi connectivity index (χ3v) is 3.80. The number of rotatable bonds is 6. The van der Waals surface area contributed by atoms with Crippen molar-refractivity contribution in [1.82, 2.24) is 5.32 Å². The number of nitro groups is 1. The van der Waals surface area contributed by atoms with Crippen molar-refractivity contribution < 1.29 is 23.6 Å². The summed E-state index contributed by atoms with van der Waals surface area (Å²) in [5.74, 6) is -1.75. The molecule has 136 valence electrons. The van der Waals surface area contributed by atoms with Crippen molar-refractivity contribution in [1.29, 1.82) is 0 Å². The van der Waals surface area contributed by atoms with Crippen LogP contribution in [0.3, 0.4) is 0 Å². The normalized spacial score (nSPS) is 11.5. The SMILES string of the molecule is Cc1c(C(=O)OCC(=O)N[C@@H](C)c2ccc(F)cc2)cccc1[N+](=O)[O-]. The summed E-state index contributed by atoms with van der Waals surface area (Å²) in [5, 5.41) is 13.5. The summed E-state index contributed by atoms with van der Waals surface area (Å²) in [7, 11) is 0. The van der Waals surface area contributed by atoms with E-state index in [9.17, 15) is 24.1 Å². The van der Waals surface area contributed by atoms with Crippen LogP contribution in [0, 0.1) is 22.9 Å². The molecule has 0 unspecified atom stereocenters. The van der Waals surface area contributed by atoms with E-state index >= 15 is 0 Å². The second-order valence-corrected chi connectivity index (χ2v) is 5.62. The molecule has 0 spiro atoms. The van der Waals surface area contributed by atoms with Gasteiger partial charge in [0.05, 0.1) is 16.5 Å². The number of ether oxygens (including phenoxy) is 1. The van der Waals surface area contributed by atoms with Crippen LogP contribution >= 0.6 is 0 Å². The second kappa shape index (κ2) is 8.19. The molecular formula is C18H17FN2O5. The first-order chi connectivity index (χ1) is 12.3. The summed E-state index contributed by atoms with van der Waals surface area (Å²) < 4.78 is 17.8. The monoisotopic (exact) mass is 360 g/mol. The highest BCUT2D eigenvalue weighted by molar-refractivity contribution is 5.93. The molecule has 0 aliphatic rings. The Hall–Kier alpha value is -3.29. The van der Waals surface area contributed by atoms with Crippen molar-refractivity contribution >= 4 is 17.6 Å². The van der Waals surface area contributed by atoms with Crippen molar-refractivity contribution in [3.05, 3.63) is 75.1 Å². The summed E-state index contributed by atoms with van der Waals surface area (Å²) in [4.78, 5) is 34.3. The van der Waals surface area contributed by atoms with Gasteiger partial charge in [-0.05, 0) is 37.6 Å². The first-order valence-electron chi connectivity index (χ1n) is 7.75. The fourth-order valence-corrected chi connectivity index (χ4v) is 2.37. The molecule has 0 fully saturated rings. The Morgan fingerprint density at radius 1 is 1.23 bits per heavy atom. The van der Waals surface area contributed by atoms with Gasteiger partial charge in [-0.25, -0.2) is 9.18 Å². The lowest BCUT2D eigenvalue weighted by atomic mass is 10.1. The lowest BCUT2D eigenvalue weighted by molar-refractivity contribution is -0.385. The van der Waals surface area contributed by atoms with E-state index in [0.29, 0.717) is 5.56 Å². The van der Waals surface area contributed by atoms with Gasteiger partial charge in [0.15, 0.2) is 6.61 Å². The van der Waals surface area contributed by atoms with E-state index in [1.165, 1.54) is 37.3 Å². The Balaban J connectivity index is 1.95. The van der Waals surface area contributed by atoms with Gasteiger partial charge in [-0.15, -0.1) is 0 Å². The molecule has 1 atom stereocenters. The molecule has 8 heteroatoms. The summed E-state index contributed by atoms with van der Waals surface area (Å²) in [6.07, 6.45) is 0. The molecule has 0 aliphatic heterocycles. The van der Waals surface area contributed by atoms with Gasteiger partial charge in [-0.2, -0.15) is 0 Å². The highest BCUT2D eigenvalue weighted by Crippen LogP contribution is 2.21. The van der Waals surface area contributed by atoms with E-state index in [1.54, 1.807) is 19.1 Å². The molecule has 0 bridgehead atoms. The number of carbonyl (C=O) groups is 2. The van der Waals surface area contributed by atoms with Gasteiger partial charge in [0.25, 0.3) is 11.6 Å². The van der Waals surface area contributed by atoms with Gasteiger partial charge in [0.1, 0.15) is 5.82 Å². The molecule has 0 heterocycles. The molecular weight excluding hydrogens is 343 g/mol. The number of nitrogens with zero attached hydrogens (tertiary/aromatic N) is 1. The van der Waals surface area contributed by atoms with Crippen LogP contribution < -0.4 is 5.32 Å². The number of hydrogen-bond donors (Lipinski definition) is 1. The molecule has 26 heavy (non-hydrogen) atoms. The van der Waals surface area contributed by atoms with Gasteiger partial charge in [0.2, 0.25) is 0 Å². The Kier molecular flexibility index (Phi) is 6.00. The van der Waals surface area contributed by atoms with Crippen molar-refractivity contribution in [3.63, 3.8) is 0 Å². The zero-order valence-electron chi connectivity index (χ0n) is 14.2. The standard InChI is InChI=1S/C18H17FN2O5/c1-11-15(4-3-5-16(11)21(24)25)18(23)26-10-17(22)20-12(2)13-6-8-14(19)9-7-13/h3-9,12H,10H2,1-2H3,(H,20,22)/t12-/m0/s1. The van der Waals surface area contributed by atoms with E-state index in [2.05, 4.69) is 5.32 Å². The molecule has 0 saturated heterocycles. The van der Waals surface area contributed by atoms with E-state index in [4.69, 9.17) is 4.74 Å². The van der Waals surface area contributed by atoms with Crippen molar-refractivity contribution in [2.75, 3.05) is 6.61 Å². The molecule has 0 radical (unpaired) electrons. The van der Waals surface area contributed by atoms with E-state index in [-0.39, 0.29) is 22.6 Å². The molecule has 0 aromatic heterocycles. The van der Waals surface area contributed by atoms with Crippen molar-refractivity contribution in [2.45, 2.75) is 19.9 Å². The highest BCUT2D eigenvalue weighted by Gasteiger charge is 2.20. The fraction of sp³-hybridized carbons (Fsp3) is 0.222. The summed E-state index contributed by atoms with van der Waals surface area (Å²) in [5.41, 5.74) is 0.690. The summed E-state index contributed by atoms with van der Waals surface area (Å²) in [6, 6.07) is 9.29. The minimum absolute atomic E-state index is 0.0265. The van der Waals surface area contributed by atoms with E-state index < -0.39 is 29.4 Å². The lowest BCUT2D eigenvalue weighted by Crippen LogP contribution is -2.31. The number of nitro benzene ring substituents is 1. The third kappa shape index (κ3) is 4.62. The van der Waals surface area contributed by atoms with Gasteiger partial charge in [0, 0.05) is 11.6 Å². The zero-order chi connectivity index (χ0) is 19.3. The second-order valence-electron chi connectivity index (χ2n) is 5.62. The van der Waals surface area contributed by atoms with Crippen molar-refractivity contribution in [2.24, 2.45) is 0 Å². The van der Waals surface area contributed by atoms with Gasteiger partial charge in [-0.1, -0.05) is 18.2 Å². The molecule has 7 nitrogen and oxygen atoms in total. The quantitative estimate of drug-likeness (QED) is 0.485. The molecule has 0 saturated carbocycles.